The van der Waals surface area contributed by atoms with Crippen molar-refractivity contribution in [1.82, 2.24) is 14.5 Å². The quantitative estimate of drug-likeness (QED) is 0.289. The van der Waals surface area contributed by atoms with E-state index in [1.807, 2.05) is 0 Å². The molecule has 0 N–H and O–H groups in total. The standard InChI is InChI=1S/C38H32N4/c1-3-13-25(14-4-1)37-29-19-7-10-20-32(29)39-38(40-37)42-34-22-12-9-18-28(34)31-23-30-27-17-8-11-21-33(27)41(35(30)24-36(31)42)26-15-5-2-6-16-26/h1-6,9,11,13-16,18-21,23,35H,7-8,10,12,17,22,24H2. The molecule has 2 aromatic heterocycles. The van der Waals surface area contributed by atoms with Crippen LogP contribution in [0.25, 0.3) is 41.5 Å². The molecule has 0 amide bonds. The van der Waals surface area contributed by atoms with Gasteiger partial charge in [0.1, 0.15) is 0 Å². The van der Waals surface area contributed by atoms with Crippen LogP contribution in [0.3, 0.4) is 0 Å². The maximum absolute atomic E-state index is 5.37. The summed E-state index contributed by atoms with van der Waals surface area (Å²) in [5.74, 6) is 0.811. The van der Waals surface area contributed by atoms with E-state index in [2.05, 4.69) is 113 Å². The van der Waals surface area contributed by atoms with Gasteiger partial charge in [0.2, 0.25) is 5.95 Å². The van der Waals surface area contributed by atoms with Crippen LogP contribution in [0.2, 0.25) is 0 Å². The van der Waals surface area contributed by atoms with Crippen molar-refractivity contribution in [2.45, 2.75) is 51.0 Å². The van der Waals surface area contributed by atoms with E-state index in [-0.39, 0.29) is 6.04 Å². The minimum Gasteiger partial charge on any atom is -0.333 e. The molecule has 4 aliphatic carbocycles. The summed E-state index contributed by atoms with van der Waals surface area (Å²) in [6.07, 6.45) is 23.7. The number of rotatable bonds is 3. The van der Waals surface area contributed by atoms with Crippen LogP contribution in [-0.2, 0) is 12.8 Å². The highest BCUT2D eigenvalue weighted by atomic mass is 15.2. The molecule has 204 valence electrons. The Kier molecular flexibility index (Phi) is 5.37. The van der Waals surface area contributed by atoms with E-state index < -0.39 is 0 Å². The molecule has 0 radical (unpaired) electrons. The summed E-state index contributed by atoms with van der Waals surface area (Å²) in [7, 11) is 0. The van der Waals surface area contributed by atoms with Crippen molar-refractivity contribution in [2.24, 2.45) is 0 Å². The summed E-state index contributed by atoms with van der Waals surface area (Å²) >= 11 is 0. The monoisotopic (exact) mass is 544 g/mol. The molecule has 1 unspecified atom stereocenters. The van der Waals surface area contributed by atoms with Crippen molar-refractivity contribution in [2.75, 3.05) is 4.90 Å². The zero-order chi connectivity index (χ0) is 27.6. The van der Waals surface area contributed by atoms with Crippen LogP contribution in [0.5, 0.6) is 0 Å². The van der Waals surface area contributed by atoms with Gasteiger partial charge in [0.05, 0.1) is 17.1 Å². The van der Waals surface area contributed by atoms with Gasteiger partial charge in [-0.2, -0.15) is 0 Å². The fourth-order valence-electron chi connectivity index (χ4n) is 7.68. The molecule has 4 heteroatoms. The average molecular weight is 545 g/mol. The van der Waals surface area contributed by atoms with Gasteiger partial charge >= 0.3 is 0 Å². The lowest BCUT2D eigenvalue weighted by Gasteiger charge is -2.32. The number of anilines is 1. The maximum atomic E-state index is 5.37. The van der Waals surface area contributed by atoms with Crippen LogP contribution in [0, 0.1) is 0 Å². The van der Waals surface area contributed by atoms with Gasteiger partial charge in [-0.05, 0) is 74.0 Å². The van der Waals surface area contributed by atoms with E-state index >= 15 is 0 Å². The van der Waals surface area contributed by atoms with Gasteiger partial charge in [-0.1, -0.05) is 78.9 Å². The smallest absolute Gasteiger partial charge is 0.235 e. The van der Waals surface area contributed by atoms with E-state index in [4.69, 9.17) is 9.97 Å². The maximum Gasteiger partial charge on any atom is 0.235 e. The number of para-hydroxylation sites is 1. The first kappa shape index (κ1) is 24.0. The van der Waals surface area contributed by atoms with Crippen LogP contribution < -0.4 is 15.5 Å². The Morgan fingerprint density at radius 3 is 2.38 bits per heavy atom. The third-order valence-corrected chi connectivity index (χ3v) is 9.49. The van der Waals surface area contributed by atoms with Gasteiger partial charge in [-0.15, -0.1) is 0 Å². The third-order valence-electron chi connectivity index (χ3n) is 9.49. The molecule has 4 aromatic rings. The topological polar surface area (TPSA) is 34.0 Å². The van der Waals surface area contributed by atoms with Gasteiger partial charge in [-0.25, -0.2) is 9.97 Å². The first-order valence-corrected chi connectivity index (χ1v) is 15.4. The number of hydrogen-bond acceptors (Lipinski definition) is 3. The molecular formula is C38H32N4. The zero-order valence-corrected chi connectivity index (χ0v) is 23.6. The Balaban J connectivity index is 1.28. The Morgan fingerprint density at radius 2 is 1.50 bits per heavy atom. The molecule has 42 heavy (non-hydrogen) atoms. The second-order valence-corrected chi connectivity index (χ2v) is 11.8. The minimum atomic E-state index is 0.262. The molecule has 2 aromatic carbocycles. The molecule has 0 saturated heterocycles. The molecule has 1 aliphatic heterocycles. The molecule has 0 saturated carbocycles. The fraction of sp³-hybridized carbons (Fsp3) is 0.211. The zero-order valence-electron chi connectivity index (χ0n) is 23.6. The Labute approximate surface area is 246 Å². The summed E-state index contributed by atoms with van der Waals surface area (Å²) < 4.78 is 2.44. The van der Waals surface area contributed by atoms with Crippen LogP contribution in [0.4, 0.5) is 5.69 Å². The summed E-state index contributed by atoms with van der Waals surface area (Å²) in [4.78, 5) is 13.2. The Bertz CT molecular complexity index is 2000. The summed E-state index contributed by atoms with van der Waals surface area (Å²) in [6, 6.07) is 21.8. The molecule has 0 bridgehead atoms. The summed E-state index contributed by atoms with van der Waals surface area (Å²) in [6.45, 7) is 0. The molecular weight excluding hydrogens is 512 g/mol. The first-order valence-electron chi connectivity index (χ1n) is 15.4. The Hall–Kier alpha value is -4.70. The van der Waals surface area contributed by atoms with Crippen LogP contribution in [-0.4, -0.2) is 20.6 Å². The fourth-order valence-corrected chi connectivity index (χ4v) is 7.68. The number of hydrogen-bond donors (Lipinski definition) is 0. The highest BCUT2D eigenvalue weighted by molar-refractivity contribution is 5.82. The van der Waals surface area contributed by atoms with E-state index in [1.165, 1.54) is 50.3 Å². The van der Waals surface area contributed by atoms with Gasteiger partial charge in [0, 0.05) is 51.1 Å². The van der Waals surface area contributed by atoms with Crippen LogP contribution in [0.15, 0.2) is 95.7 Å². The van der Waals surface area contributed by atoms with Crippen LogP contribution >= 0.6 is 0 Å². The van der Waals surface area contributed by atoms with Crippen molar-refractivity contribution >= 4 is 30.0 Å². The van der Waals surface area contributed by atoms with E-state index in [0.29, 0.717) is 0 Å². The SMILES string of the molecule is C1=CC2=C(CC1)C1=Cc3c4c(n(-c5nc(-c6ccccc6)c6c(n5)=CCCC=6)c3CC1N2c1ccccc1)CCC=C4. The number of allylic oxidation sites excluding steroid dienone is 3. The van der Waals surface area contributed by atoms with Crippen molar-refractivity contribution < 1.29 is 0 Å². The normalized spacial score (nSPS) is 19.7. The minimum absolute atomic E-state index is 0.262. The van der Waals surface area contributed by atoms with Gasteiger partial charge in [0.15, 0.2) is 0 Å². The largest absolute Gasteiger partial charge is 0.333 e. The predicted molar refractivity (Wildman–Crippen MR) is 171 cm³/mol. The lowest BCUT2D eigenvalue weighted by molar-refractivity contribution is 0.697. The van der Waals surface area contributed by atoms with Crippen molar-refractivity contribution in [3.63, 3.8) is 0 Å². The van der Waals surface area contributed by atoms with Gasteiger partial charge in [0.25, 0.3) is 0 Å². The number of nitrogens with zero attached hydrogens (tertiary/aromatic N) is 4. The van der Waals surface area contributed by atoms with E-state index in [1.54, 1.807) is 0 Å². The highest BCUT2D eigenvalue weighted by Crippen LogP contribution is 2.48. The first-order chi connectivity index (χ1) is 20.8. The molecule has 1 atom stereocenters. The van der Waals surface area contributed by atoms with Gasteiger partial charge in [-0.3, -0.25) is 4.57 Å². The van der Waals surface area contributed by atoms with Gasteiger partial charge < -0.3 is 4.90 Å². The average Bonchev–Trinajstić information content (AvgIpc) is 3.56. The number of benzene rings is 2. The third kappa shape index (κ3) is 3.54. The van der Waals surface area contributed by atoms with Crippen molar-refractivity contribution in [3.8, 4) is 17.2 Å². The molecule has 9 rings (SSSR count). The second kappa shape index (κ2) is 9.42. The van der Waals surface area contributed by atoms with Crippen LogP contribution in [0.1, 0.15) is 54.6 Å². The molecule has 5 aliphatic rings. The molecule has 0 spiro atoms. The Morgan fingerprint density at radius 1 is 0.714 bits per heavy atom. The van der Waals surface area contributed by atoms with Crippen molar-refractivity contribution in [1.29, 1.82) is 0 Å². The highest BCUT2D eigenvalue weighted by Gasteiger charge is 2.41. The van der Waals surface area contributed by atoms with Crippen molar-refractivity contribution in [3.05, 3.63) is 129 Å². The van der Waals surface area contributed by atoms with E-state index in [9.17, 15) is 0 Å². The summed E-state index contributed by atoms with van der Waals surface area (Å²) in [5, 5.41) is 2.23. The molecule has 3 heterocycles. The number of aromatic nitrogens is 3. The molecule has 0 fully saturated rings. The lowest BCUT2D eigenvalue weighted by Crippen LogP contribution is -2.36. The second-order valence-electron chi connectivity index (χ2n) is 11.8. The predicted octanol–water partition coefficient (Wildman–Crippen LogP) is 6.68. The lowest BCUT2D eigenvalue weighted by atomic mass is 9.86. The summed E-state index contributed by atoms with van der Waals surface area (Å²) in [5.41, 5.74) is 13.2. The van der Waals surface area contributed by atoms with E-state index in [0.717, 1.165) is 67.5 Å². The molecule has 4 nitrogen and oxygen atoms in total. The number of fused-ring (bicyclic) bond motifs is 6.